The second-order valence-corrected chi connectivity index (χ2v) is 5.54. The molecule has 150 valence electrons. The first-order valence-corrected chi connectivity index (χ1v) is 8.19. The van der Waals surface area contributed by atoms with Crippen LogP contribution in [0.5, 0.6) is 0 Å². The zero-order chi connectivity index (χ0) is 20.3. The van der Waals surface area contributed by atoms with E-state index >= 15 is 0 Å². The fraction of sp³-hybridized carbons (Fsp3) is 0.471. The predicted octanol–water partition coefficient (Wildman–Crippen LogP) is 2.55. The summed E-state index contributed by atoms with van der Waals surface area (Å²) in [7, 11) is 0. The van der Waals surface area contributed by atoms with Crippen LogP contribution in [0.25, 0.3) is 0 Å². The van der Waals surface area contributed by atoms with Gasteiger partial charge in [0.1, 0.15) is 6.61 Å². The van der Waals surface area contributed by atoms with E-state index in [2.05, 4.69) is 10.1 Å². The molecule has 0 atom stereocenters. The molecule has 0 fully saturated rings. The van der Waals surface area contributed by atoms with Gasteiger partial charge >= 0.3 is 18.2 Å². The van der Waals surface area contributed by atoms with E-state index in [1.807, 2.05) is 12.2 Å². The van der Waals surface area contributed by atoms with Gasteiger partial charge in [0.15, 0.2) is 6.61 Å². The summed E-state index contributed by atoms with van der Waals surface area (Å²) in [5, 5.41) is 4.49. The summed E-state index contributed by atoms with van der Waals surface area (Å²) in [5.74, 6) is -1.59. The van der Waals surface area contributed by atoms with Crippen LogP contribution in [0.4, 0.5) is 18.0 Å². The van der Waals surface area contributed by atoms with Crippen LogP contribution in [0.15, 0.2) is 24.3 Å². The number of ether oxygens (including phenoxy) is 2. The molecule has 10 heteroatoms. The number of hydrogen-bond donors (Lipinski definition) is 2. The molecule has 0 aliphatic heterocycles. The minimum Gasteiger partial charge on any atom is -0.452 e. The van der Waals surface area contributed by atoms with Crippen LogP contribution in [0, 0.1) is 0 Å². The highest BCUT2D eigenvalue weighted by Gasteiger charge is 2.27. The maximum atomic E-state index is 12.0. The molecule has 0 saturated carbocycles. The minimum atomic E-state index is -4.41. The number of halogens is 3. The summed E-state index contributed by atoms with van der Waals surface area (Å²) < 4.78 is 45.2. The van der Waals surface area contributed by atoms with E-state index in [0.717, 1.165) is 12.8 Å². The van der Waals surface area contributed by atoms with Crippen molar-refractivity contribution >= 4 is 17.9 Å². The highest BCUT2D eigenvalue weighted by molar-refractivity contribution is 5.97. The van der Waals surface area contributed by atoms with Gasteiger partial charge < -0.3 is 14.8 Å². The fourth-order valence-electron chi connectivity index (χ4n) is 1.82. The summed E-state index contributed by atoms with van der Waals surface area (Å²) in [6.45, 7) is 0.111. The first kappa shape index (κ1) is 22.4. The maximum Gasteiger partial charge on any atom is 0.411 e. The molecular weight excluding hydrogens is 369 g/mol. The predicted molar refractivity (Wildman–Crippen MR) is 88.9 cm³/mol. The topological polar surface area (TPSA) is 93.7 Å². The molecule has 0 unspecified atom stereocenters. The van der Waals surface area contributed by atoms with Crippen molar-refractivity contribution in [3.05, 3.63) is 35.4 Å². The molecule has 27 heavy (non-hydrogen) atoms. The van der Waals surface area contributed by atoms with Crippen molar-refractivity contribution in [3.8, 4) is 0 Å². The van der Waals surface area contributed by atoms with Crippen LogP contribution >= 0.6 is 0 Å². The van der Waals surface area contributed by atoms with Crippen LogP contribution in [0.1, 0.15) is 35.7 Å². The largest absolute Gasteiger partial charge is 0.452 e. The Morgan fingerprint density at radius 2 is 1.78 bits per heavy atom. The quantitative estimate of drug-likeness (QED) is 0.499. The van der Waals surface area contributed by atoms with Crippen LogP contribution in [0.2, 0.25) is 0 Å². The van der Waals surface area contributed by atoms with Crippen molar-refractivity contribution in [2.75, 3.05) is 19.8 Å². The summed E-state index contributed by atoms with van der Waals surface area (Å²) >= 11 is 0. The number of carbonyl (C=O) groups excluding carboxylic acids is 3. The average molecular weight is 390 g/mol. The molecule has 1 aromatic rings. The molecule has 1 rings (SSSR count). The van der Waals surface area contributed by atoms with Gasteiger partial charge in [-0.1, -0.05) is 25.5 Å². The number of amides is 3. The smallest absolute Gasteiger partial charge is 0.411 e. The standard InChI is InChI=1S/C17H21F3N2O5/c1-2-3-8-21-16(25)22-14(23)10-27-15(24)13-6-4-12(5-7-13)9-26-11-17(18,19)20/h4-7H,2-3,8-11H2,1H3,(H2,21,22,23,25). The number of carbonyl (C=O) groups is 3. The van der Waals surface area contributed by atoms with Gasteiger partial charge in [0, 0.05) is 6.54 Å². The van der Waals surface area contributed by atoms with Gasteiger partial charge in [-0.25, -0.2) is 9.59 Å². The highest BCUT2D eigenvalue weighted by atomic mass is 19.4. The van der Waals surface area contributed by atoms with Crippen LogP contribution in [0.3, 0.4) is 0 Å². The lowest BCUT2D eigenvalue weighted by molar-refractivity contribution is -0.176. The Morgan fingerprint density at radius 1 is 1.11 bits per heavy atom. The van der Waals surface area contributed by atoms with Gasteiger partial charge in [-0.05, 0) is 24.1 Å². The van der Waals surface area contributed by atoms with Crippen molar-refractivity contribution in [2.45, 2.75) is 32.5 Å². The van der Waals surface area contributed by atoms with Gasteiger partial charge in [0.05, 0.1) is 12.2 Å². The lowest BCUT2D eigenvalue weighted by atomic mass is 10.1. The Hall–Kier alpha value is -2.62. The van der Waals surface area contributed by atoms with Crippen molar-refractivity contribution in [1.29, 1.82) is 0 Å². The Morgan fingerprint density at radius 3 is 2.37 bits per heavy atom. The molecule has 7 nitrogen and oxygen atoms in total. The van der Waals surface area contributed by atoms with Crippen molar-refractivity contribution < 1.29 is 37.0 Å². The Labute approximate surface area is 154 Å². The Balaban J connectivity index is 2.35. The lowest BCUT2D eigenvalue weighted by Crippen LogP contribution is -2.41. The zero-order valence-corrected chi connectivity index (χ0v) is 14.7. The summed E-state index contributed by atoms with van der Waals surface area (Å²) in [4.78, 5) is 34.7. The molecule has 3 amide bonds. The number of imide groups is 1. The van der Waals surface area contributed by atoms with Gasteiger partial charge in [0.2, 0.25) is 0 Å². The SMILES string of the molecule is CCCCNC(=O)NC(=O)COC(=O)c1ccc(COCC(F)(F)F)cc1. The van der Waals surface area contributed by atoms with E-state index < -0.39 is 37.3 Å². The summed E-state index contributed by atoms with van der Waals surface area (Å²) in [5.41, 5.74) is 0.548. The van der Waals surface area contributed by atoms with Crippen LogP contribution in [-0.2, 0) is 20.9 Å². The Kier molecular flexibility index (Phi) is 9.27. The number of alkyl halides is 3. The number of hydrogen-bond acceptors (Lipinski definition) is 5. The molecular formula is C17H21F3N2O5. The third-order valence-electron chi connectivity index (χ3n) is 3.13. The minimum absolute atomic E-state index is 0.106. The van der Waals surface area contributed by atoms with Crippen LogP contribution in [-0.4, -0.2) is 43.8 Å². The molecule has 0 spiro atoms. The normalized spacial score (nSPS) is 11.0. The number of esters is 1. The molecule has 1 aromatic carbocycles. The second-order valence-electron chi connectivity index (χ2n) is 5.54. The molecule has 0 saturated heterocycles. The average Bonchev–Trinajstić information content (AvgIpc) is 2.59. The molecule has 2 N–H and O–H groups in total. The first-order chi connectivity index (χ1) is 12.7. The van der Waals surface area contributed by atoms with E-state index in [9.17, 15) is 27.6 Å². The van der Waals surface area contributed by atoms with E-state index in [0.29, 0.717) is 12.1 Å². The van der Waals surface area contributed by atoms with E-state index in [1.54, 1.807) is 0 Å². The number of unbranched alkanes of at least 4 members (excludes halogenated alkanes) is 1. The first-order valence-electron chi connectivity index (χ1n) is 8.19. The van der Waals surface area contributed by atoms with Gasteiger partial charge in [-0.15, -0.1) is 0 Å². The van der Waals surface area contributed by atoms with Crippen molar-refractivity contribution in [3.63, 3.8) is 0 Å². The fourth-order valence-corrected chi connectivity index (χ4v) is 1.82. The van der Waals surface area contributed by atoms with E-state index in [-0.39, 0.29) is 12.2 Å². The lowest BCUT2D eigenvalue weighted by Gasteiger charge is -2.09. The van der Waals surface area contributed by atoms with Crippen molar-refractivity contribution in [2.24, 2.45) is 0 Å². The Bertz CT molecular complexity index is 632. The van der Waals surface area contributed by atoms with E-state index in [1.165, 1.54) is 24.3 Å². The third-order valence-corrected chi connectivity index (χ3v) is 3.13. The summed E-state index contributed by atoms with van der Waals surface area (Å²) in [6, 6.07) is 4.82. The maximum absolute atomic E-state index is 12.0. The number of rotatable bonds is 9. The third kappa shape index (κ3) is 10.2. The molecule has 0 aliphatic carbocycles. The number of nitrogens with one attached hydrogen (secondary N) is 2. The van der Waals surface area contributed by atoms with Gasteiger partial charge in [-0.2, -0.15) is 13.2 Å². The molecule has 0 aliphatic rings. The summed E-state index contributed by atoms with van der Waals surface area (Å²) in [6.07, 6.45) is -2.75. The molecule has 0 heterocycles. The molecule has 0 radical (unpaired) electrons. The monoisotopic (exact) mass is 390 g/mol. The van der Waals surface area contributed by atoms with Crippen molar-refractivity contribution in [1.82, 2.24) is 10.6 Å². The second kappa shape index (κ2) is 11.2. The number of urea groups is 1. The van der Waals surface area contributed by atoms with E-state index in [4.69, 9.17) is 4.74 Å². The zero-order valence-electron chi connectivity index (χ0n) is 14.7. The van der Waals surface area contributed by atoms with Crippen LogP contribution < -0.4 is 10.6 Å². The number of benzene rings is 1. The molecule has 0 bridgehead atoms. The van der Waals surface area contributed by atoms with Gasteiger partial charge in [-0.3, -0.25) is 10.1 Å². The highest BCUT2D eigenvalue weighted by Crippen LogP contribution is 2.16. The van der Waals surface area contributed by atoms with Gasteiger partial charge in [0.25, 0.3) is 5.91 Å². The molecule has 0 aromatic heterocycles.